The zero-order chi connectivity index (χ0) is 19.6. The van der Waals surface area contributed by atoms with Crippen molar-refractivity contribution in [2.24, 2.45) is 0 Å². The van der Waals surface area contributed by atoms with Crippen LogP contribution in [0.4, 0.5) is 5.82 Å². The second-order valence-electron chi connectivity index (χ2n) is 6.30. The fraction of sp³-hybridized carbons (Fsp3) is 0.278. The Morgan fingerprint density at radius 1 is 1.21 bits per heavy atom. The van der Waals surface area contributed by atoms with E-state index in [2.05, 4.69) is 25.1 Å². The van der Waals surface area contributed by atoms with Crippen molar-refractivity contribution >= 4 is 15.8 Å². The Labute approximate surface area is 162 Å². The molecule has 0 bridgehead atoms. The fourth-order valence-electron chi connectivity index (χ4n) is 2.95. The van der Waals surface area contributed by atoms with Gasteiger partial charge in [-0.25, -0.2) is 27.8 Å². The van der Waals surface area contributed by atoms with Crippen molar-refractivity contribution in [2.75, 3.05) is 25.0 Å². The minimum Gasteiger partial charge on any atom is -0.493 e. The fourth-order valence-corrected chi connectivity index (χ4v) is 4.04. The Morgan fingerprint density at radius 2 is 2.11 bits per heavy atom. The third-order valence-electron chi connectivity index (χ3n) is 4.26. The number of sulfonamides is 1. The van der Waals surface area contributed by atoms with Crippen molar-refractivity contribution in [3.8, 4) is 11.6 Å². The number of anilines is 1. The third kappa shape index (κ3) is 3.97. The molecule has 0 amide bonds. The van der Waals surface area contributed by atoms with Crippen LogP contribution in [-0.2, 0) is 16.4 Å². The molecule has 0 fully saturated rings. The molecule has 0 unspecified atom stereocenters. The van der Waals surface area contributed by atoms with Crippen molar-refractivity contribution in [3.63, 3.8) is 0 Å². The van der Waals surface area contributed by atoms with E-state index in [1.807, 2.05) is 6.07 Å². The first-order valence-corrected chi connectivity index (χ1v) is 10.3. The van der Waals surface area contributed by atoms with E-state index in [9.17, 15) is 8.42 Å². The van der Waals surface area contributed by atoms with Crippen LogP contribution < -0.4 is 14.8 Å². The first-order valence-electron chi connectivity index (χ1n) is 8.86. The number of hydrogen-bond donors (Lipinski definition) is 2. The summed E-state index contributed by atoms with van der Waals surface area (Å²) in [5.74, 6) is 2.59. The summed E-state index contributed by atoms with van der Waals surface area (Å²) in [5.41, 5.74) is 0.920. The molecule has 1 aliphatic rings. The molecule has 1 aliphatic heterocycles. The van der Waals surface area contributed by atoms with E-state index in [1.165, 1.54) is 0 Å². The molecule has 10 heteroatoms. The molecule has 2 aromatic heterocycles. The average Bonchev–Trinajstić information content (AvgIpc) is 3.35. The van der Waals surface area contributed by atoms with E-state index >= 15 is 0 Å². The highest BCUT2D eigenvalue weighted by molar-refractivity contribution is 7.89. The number of ether oxygens (including phenoxy) is 1. The second-order valence-corrected chi connectivity index (χ2v) is 8.07. The summed E-state index contributed by atoms with van der Waals surface area (Å²) in [4.78, 5) is 8.91. The van der Waals surface area contributed by atoms with Crippen LogP contribution in [-0.4, -0.2) is 47.9 Å². The van der Waals surface area contributed by atoms with E-state index in [1.54, 1.807) is 48.3 Å². The quantitative estimate of drug-likeness (QED) is 0.575. The van der Waals surface area contributed by atoms with Gasteiger partial charge in [0, 0.05) is 38.0 Å². The lowest BCUT2D eigenvalue weighted by Gasteiger charge is -2.10. The maximum absolute atomic E-state index is 12.5. The third-order valence-corrected chi connectivity index (χ3v) is 5.72. The molecule has 0 radical (unpaired) electrons. The molecule has 3 aromatic rings. The van der Waals surface area contributed by atoms with Gasteiger partial charge in [0.25, 0.3) is 0 Å². The van der Waals surface area contributed by atoms with Gasteiger partial charge in [-0.3, -0.25) is 0 Å². The zero-order valence-corrected chi connectivity index (χ0v) is 16.1. The number of nitrogens with zero attached hydrogens (tertiary/aromatic N) is 4. The maximum Gasteiger partial charge on any atom is 0.240 e. The van der Waals surface area contributed by atoms with Crippen molar-refractivity contribution < 1.29 is 13.2 Å². The lowest BCUT2D eigenvalue weighted by molar-refractivity contribution is 0.356. The summed E-state index contributed by atoms with van der Waals surface area (Å²) in [6, 6.07) is 8.50. The topological polar surface area (TPSA) is 111 Å². The zero-order valence-electron chi connectivity index (χ0n) is 15.3. The van der Waals surface area contributed by atoms with E-state index in [4.69, 9.17) is 4.74 Å². The number of aryl methyl sites for hydroxylation is 1. The SMILES string of the molecule is Cc1nc(NCCNS(=O)(=O)c2ccc3c(c2)CCO3)cc(-n2cccn2)n1. The molecule has 2 N–H and O–H groups in total. The molecule has 0 saturated heterocycles. The monoisotopic (exact) mass is 400 g/mol. The van der Waals surface area contributed by atoms with Gasteiger partial charge in [0.2, 0.25) is 10.0 Å². The van der Waals surface area contributed by atoms with Crippen LogP contribution in [0.2, 0.25) is 0 Å². The Kier molecular flexibility index (Phi) is 4.97. The molecule has 1 aromatic carbocycles. The van der Waals surface area contributed by atoms with Crippen LogP contribution in [0.15, 0.2) is 47.6 Å². The van der Waals surface area contributed by atoms with Gasteiger partial charge in [-0.15, -0.1) is 0 Å². The standard InChI is InChI=1S/C18H20N6O3S/c1-13-22-17(12-18(23-13)24-9-2-6-20-24)19-7-8-21-28(25,26)15-3-4-16-14(11-15)5-10-27-16/h2-4,6,9,11-12,21H,5,7-8,10H2,1H3,(H,19,22,23). The normalized spacial score (nSPS) is 13.2. The molecule has 0 aliphatic carbocycles. The van der Waals surface area contributed by atoms with Gasteiger partial charge in [-0.2, -0.15) is 5.10 Å². The molecule has 0 spiro atoms. The molecule has 146 valence electrons. The molecule has 0 atom stereocenters. The lowest BCUT2D eigenvalue weighted by atomic mass is 10.2. The average molecular weight is 400 g/mol. The minimum atomic E-state index is -3.58. The summed E-state index contributed by atoms with van der Waals surface area (Å²) in [7, 11) is -3.58. The largest absolute Gasteiger partial charge is 0.493 e. The van der Waals surface area contributed by atoms with Crippen molar-refractivity contribution in [3.05, 3.63) is 54.1 Å². The molecule has 4 rings (SSSR count). The molecule has 0 saturated carbocycles. The summed E-state index contributed by atoms with van der Waals surface area (Å²) in [6.07, 6.45) is 4.19. The number of aromatic nitrogens is 4. The Morgan fingerprint density at radius 3 is 2.93 bits per heavy atom. The van der Waals surface area contributed by atoms with Gasteiger partial charge in [0.1, 0.15) is 17.4 Å². The van der Waals surface area contributed by atoms with Crippen molar-refractivity contribution in [2.45, 2.75) is 18.2 Å². The van der Waals surface area contributed by atoms with Crippen LogP contribution in [0.3, 0.4) is 0 Å². The second kappa shape index (κ2) is 7.56. The smallest absolute Gasteiger partial charge is 0.240 e. The highest BCUT2D eigenvalue weighted by atomic mass is 32.2. The Hall–Kier alpha value is -2.98. The van der Waals surface area contributed by atoms with E-state index in [-0.39, 0.29) is 11.4 Å². The number of rotatable bonds is 7. The van der Waals surface area contributed by atoms with Gasteiger partial charge in [-0.1, -0.05) is 0 Å². The highest BCUT2D eigenvalue weighted by Crippen LogP contribution is 2.27. The van der Waals surface area contributed by atoms with E-state index in [0.29, 0.717) is 30.6 Å². The van der Waals surface area contributed by atoms with Crippen LogP contribution in [0.1, 0.15) is 11.4 Å². The van der Waals surface area contributed by atoms with Crippen molar-refractivity contribution in [1.29, 1.82) is 0 Å². The molecule has 3 heterocycles. The predicted molar refractivity (Wildman–Crippen MR) is 103 cm³/mol. The summed E-state index contributed by atoms with van der Waals surface area (Å²) in [5, 5.41) is 7.27. The highest BCUT2D eigenvalue weighted by Gasteiger charge is 2.18. The summed E-state index contributed by atoms with van der Waals surface area (Å²) in [6.45, 7) is 2.98. The Balaban J connectivity index is 1.37. The summed E-state index contributed by atoms with van der Waals surface area (Å²) >= 11 is 0. The molecule has 28 heavy (non-hydrogen) atoms. The number of hydrogen-bond acceptors (Lipinski definition) is 7. The van der Waals surface area contributed by atoms with Gasteiger partial charge in [-0.05, 0) is 36.8 Å². The van der Waals surface area contributed by atoms with Crippen LogP contribution in [0.5, 0.6) is 5.75 Å². The van der Waals surface area contributed by atoms with Crippen LogP contribution >= 0.6 is 0 Å². The lowest BCUT2D eigenvalue weighted by Crippen LogP contribution is -2.29. The number of nitrogens with one attached hydrogen (secondary N) is 2. The van der Waals surface area contributed by atoms with Gasteiger partial charge in [0.05, 0.1) is 11.5 Å². The molecule has 9 nitrogen and oxygen atoms in total. The van der Waals surface area contributed by atoms with E-state index in [0.717, 1.165) is 17.7 Å². The minimum absolute atomic E-state index is 0.218. The molecular formula is C18H20N6O3S. The van der Waals surface area contributed by atoms with Crippen LogP contribution in [0, 0.1) is 6.92 Å². The van der Waals surface area contributed by atoms with Gasteiger partial charge >= 0.3 is 0 Å². The number of fused-ring (bicyclic) bond motifs is 1. The number of benzene rings is 1. The van der Waals surface area contributed by atoms with E-state index < -0.39 is 10.0 Å². The molecular weight excluding hydrogens is 380 g/mol. The first-order chi connectivity index (χ1) is 13.5. The van der Waals surface area contributed by atoms with Crippen LogP contribution in [0.25, 0.3) is 5.82 Å². The first kappa shape index (κ1) is 18.4. The summed E-state index contributed by atoms with van der Waals surface area (Å²) < 4.78 is 34.6. The van der Waals surface area contributed by atoms with Crippen molar-refractivity contribution in [1.82, 2.24) is 24.5 Å². The Bertz CT molecular complexity index is 1080. The van der Waals surface area contributed by atoms with Gasteiger partial charge in [0.15, 0.2) is 5.82 Å². The van der Waals surface area contributed by atoms with Gasteiger partial charge < -0.3 is 10.1 Å². The predicted octanol–water partition coefficient (Wildman–Crippen LogP) is 1.30. The maximum atomic E-state index is 12.5.